The van der Waals surface area contributed by atoms with E-state index in [-0.39, 0.29) is 6.42 Å². The first-order valence-electron chi connectivity index (χ1n) is 5.71. The SMILES string of the molecule is CCc1cccc(Cl)c1CN(C)CCC(=O)O. The minimum atomic E-state index is -0.772. The molecule has 94 valence electrons. The minimum absolute atomic E-state index is 0.155. The second kappa shape index (κ2) is 6.62. The third-order valence-electron chi connectivity index (χ3n) is 2.73. The van der Waals surface area contributed by atoms with Gasteiger partial charge in [0.2, 0.25) is 0 Å². The van der Waals surface area contributed by atoms with E-state index >= 15 is 0 Å². The Morgan fingerprint density at radius 3 is 2.76 bits per heavy atom. The van der Waals surface area contributed by atoms with Crippen LogP contribution in [-0.2, 0) is 17.8 Å². The van der Waals surface area contributed by atoms with Crippen molar-refractivity contribution in [3.63, 3.8) is 0 Å². The van der Waals surface area contributed by atoms with Crippen LogP contribution >= 0.6 is 11.6 Å². The van der Waals surface area contributed by atoms with Crippen molar-refractivity contribution in [2.75, 3.05) is 13.6 Å². The Bertz CT molecular complexity index is 393. The predicted molar refractivity (Wildman–Crippen MR) is 69.4 cm³/mol. The van der Waals surface area contributed by atoms with Crippen LogP contribution in [0.1, 0.15) is 24.5 Å². The van der Waals surface area contributed by atoms with Gasteiger partial charge in [-0.2, -0.15) is 0 Å². The molecule has 0 aliphatic heterocycles. The summed E-state index contributed by atoms with van der Waals surface area (Å²) in [7, 11) is 1.91. The van der Waals surface area contributed by atoms with Gasteiger partial charge in [0.15, 0.2) is 0 Å². The van der Waals surface area contributed by atoms with E-state index in [2.05, 4.69) is 13.0 Å². The fourth-order valence-electron chi connectivity index (χ4n) is 1.75. The van der Waals surface area contributed by atoms with Gasteiger partial charge in [-0.15, -0.1) is 0 Å². The number of hydrogen-bond acceptors (Lipinski definition) is 2. The lowest BCUT2D eigenvalue weighted by molar-refractivity contribution is -0.137. The highest BCUT2D eigenvalue weighted by molar-refractivity contribution is 6.31. The van der Waals surface area contributed by atoms with Crippen LogP contribution in [0, 0.1) is 0 Å². The van der Waals surface area contributed by atoms with E-state index in [9.17, 15) is 4.79 Å². The fourth-order valence-corrected chi connectivity index (χ4v) is 2.00. The maximum atomic E-state index is 10.5. The van der Waals surface area contributed by atoms with Crippen LogP contribution in [0.2, 0.25) is 5.02 Å². The molecule has 1 aromatic carbocycles. The van der Waals surface area contributed by atoms with Gasteiger partial charge in [0.05, 0.1) is 6.42 Å². The Morgan fingerprint density at radius 2 is 2.18 bits per heavy atom. The van der Waals surface area contributed by atoms with Gasteiger partial charge in [-0.05, 0) is 30.7 Å². The zero-order valence-corrected chi connectivity index (χ0v) is 11.0. The maximum Gasteiger partial charge on any atom is 0.304 e. The Morgan fingerprint density at radius 1 is 1.47 bits per heavy atom. The number of halogens is 1. The standard InChI is InChI=1S/C13H18ClNO2/c1-3-10-5-4-6-12(14)11(10)9-15(2)8-7-13(16)17/h4-6H,3,7-9H2,1-2H3,(H,16,17). The third-order valence-corrected chi connectivity index (χ3v) is 3.09. The van der Waals surface area contributed by atoms with E-state index in [1.165, 1.54) is 5.56 Å². The Balaban J connectivity index is 2.70. The normalized spacial score (nSPS) is 10.8. The fraction of sp³-hybridized carbons (Fsp3) is 0.462. The summed E-state index contributed by atoms with van der Waals surface area (Å²) in [5.41, 5.74) is 2.32. The molecule has 0 unspecified atom stereocenters. The molecular formula is C13H18ClNO2. The first-order valence-corrected chi connectivity index (χ1v) is 6.09. The van der Waals surface area contributed by atoms with Crippen molar-refractivity contribution in [1.29, 1.82) is 0 Å². The number of carbonyl (C=O) groups is 1. The lowest BCUT2D eigenvalue weighted by Crippen LogP contribution is -2.22. The summed E-state index contributed by atoms with van der Waals surface area (Å²) in [5.74, 6) is -0.772. The Kier molecular flexibility index (Phi) is 5.45. The van der Waals surface area contributed by atoms with Crippen molar-refractivity contribution in [2.24, 2.45) is 0 Å². The van der Waals surface area contributed by atoms with Crippen molar-refractivity contribution >= 4 is 17.6 Å². The second-order valence-electron chi connectivity index (χ2n) is 4.11. The second-order valence-corrected chi connectivity index (χ2v) is 4.52. The summed E-state index contributed by atoms with van der Waals surface area (Å²) < 4.78 is 0. The molecule has 17 heavy (non-hydrogen) atoms. The van der Waals surface area contributed by atoms with Gasteiger partial charge in [0, 0.05) is 18.1 Å². The Hall–Kier alpha value is -1.06. The molecule has 0 bridgehead atoms. The quantitative estimate of drug-likeness (QED) is 0.850. The number of hydrogen-bond donors (Lipinski definition) is 1. The molecule has 0 radical (unpaired) electrons. The summed E-state index contributed by atoms with van der Waals surface area (Å²) in [4.78, 5) is 12.5. The van der Waals surface area contributed by atoms with Crippen molar-refractivity contribution in [2.45, 2.75) is 26.3 Å². The predicted octanol–water partition coefficient (Wildman–Crippen LogP) is 2.81. The molecule has 0 atom stereocenters. The summed E-state index contributed by atoms with van der Waals surface area (Å²) >= 11 is 6.17. The molecule has 4 heteroatoms. The van der Waals surface area contributed by atoms with Crippen LogP contribution in [0.15, 0.2) is 18.2 Å². The zero-order chi connectivity index (χ0) is 12.8. The lowest BCUT2D eigenvalue weighted by Gasteiger charge is -2.18. The van der Waals surface area contributed by atoms with Gasteiger partial charge in [-0.3, -0.25) is 4.79 Å². The summed E-state index contributed by atoms with van der Waals surface area (Å²) in [6.07, 6.45) is 1.09. The summed E-state index contributed by atoms with van der Waals surface area (Å²) in [6, 6.07) is 5.88. The number of aliphatic carboxylic acids is 1. The highest BCUT2D eigenvalue weighted by Crippen LogP contribution is 2.22. The smallest absolute Gasteiger partial charge is 0.304 e. The van der Waals surface area contributed by atoms with Gasteiger partial charge in [-0.25, -0.2) is 0 Å². The Labute approximate surface area is 107 Å². The number of benzene rings is 1. The molecule has 0 fully saturated rings. The van der Waals surface area contributed by atoms with Crippen molar-refractivity contribution in [1.82, 2.24) is 4.90 Å². The molecule has 0 amide bonds. The molecule has 1 aromatic rings. The molecule has 0 heterocycles. The highest BCUT2D eigenvalue weighted by atomic mass is 35.5. The van der Waals surface area contributed by atoms with Crippen LogP contribution in [0.25, 0.3) is 0 Å². The van der Waals surface area contributed by atoms with E-state index in [4.69, 9.17) is 16.7 Å². The van der Waals surface area contributed by atoms with E-state index in [0.29, 0.717) is 13.1 Å². The van der Waals surface area contributed by atoms with Crippen LogP contribution < -0.4 is 0 Å². The maximum absolute atomic E-state index is 10.5. The topological polar surface area (TPSA) is 40.5 Å². The zero-order valence-electron chi connectivity index (χ0n) is 10.2. The molecule has 0 saturated carbocycles. The molecule has 1 rings (SSSR count). The molecule has 3 nitrogen and oxygen atoms in total. The molecular weight excluding hydrogens is 238 g/mol. The van der Waals surface area contributed by atoms with E-state index in [0.717, 1.165) is 17.0 Å². The van der Waals surface area contributed by atoms with Crippen molar-refractivity contribution < 1.29 is 9.90 Å². The van der Waals surface area contributed by atoms with E-state index < -0.39 is 5.97 Å². The molecule has 1 N–H and O–H groups in total. The highest BCUT2D eigenvalue weighted by Gasteiger charge is 2.09. The van der Waals surface area contributed by atoms with Gasteiger partial charge in [0.25, 0.3) is 0 Å². The van der Waals surface area contributed by atoms with Crippen molar-refractivity contribution in [3.05, 3.63) is 34.3 Å². The summed E-state index contributed by atoms with van der Waals surface area (Å²) in [6.45, 7) is 3.31. The minimum Gasteiger partial charge on any atom is -0.481 e. The first-order chi connectivity index (χ1) is 8.04. The molecule has 0 aromatic heterocycles. The average Bonchev–Trinajstić information content (AvgIpc) is 2.29. The van der Waals surface area contributed by atoms with Crippen LogP contribution in [0.3, 0.4) is 0 Å². The van der Waals surface area contributed by atoms with Gasteiger partial charge in [-0.1, -0.05) is 30.7 Å². The number of aryl methyl sites for hydroxylation is 1. The van der Waals surface area contributed by atoms with Gasteiger partial charge in [0.1, 0.15) is 0 Å². The number of nitrogens with zero attached hydrogens (tertiary/aromatic N) is 1. The van der Waals surface area contributed by atoms with Gasteiger partial charge < -0.3 is 10.0 Å². The van der Waals surface area contributed by atoms with Crippen LogP contribution in [-0.4, -0.2) is 29.6 Å². The molecule has 0 saturated heterocycles. The average molecular weight is 256 g/mol. The van der Waals surface area contributed by atoms with Crippen molar-refractivity contribution in [3.8, 4) is 0 Å². The third kappa shape index (κ3) is 4.36. The van der Waals surface area contributed by atoms with Crippen LogP contribution in [0.4, 0.5) is 0 Å². The van der Waals surface area contributed by atoms with E-state index in [1.807, 2.05) is 24.1 Å². The summed E-state index contributed by atoms with van der Waals surface area (Å²) in [5, 5.41) is 9.39. The first kappa shape index (κ1) is 14.0. The van der Waals surface area contributed by atoms with E-state index in [1.54, 1.807) is 0 Å². The number of rotatable bonds is 6. The molecule has 0 aliphatic rings. The monoisotopic (exact) mass is 255 g/mol. The number of carboxylic acid groups (broad SMARTS) is 1. The number of carboxylic acids is 1. The molecule has 0 spiro atoms. The lowest BCUT2D eigenvalue weighted by atomic mass is 10.0. The van der Waals surface area contributed by atoms with Crippen LogP contribution in [0.5, 0.6) is 0 Å². The largest absolute Gasteiger partial charge is 0.481 e. The van der Waals surface area contributed by atoms with Gasteiger partial charge >= 0.3 is 5.97 Å². The molecule has 0 aliphatic carbocycles.